The third-order valence-corrected chi connectivity index (χ3v) is 3.25. The summed E-state index contributed by atoms with van der Waals surface area (Å²) in [6, 6.07) is 3.47. The van der Waals surface area contributed by atoms with E-state index in [0.29, 0.717) is 12.2 Å². The standard InChI is InChI=1S/C13H15ClF3NO/c14-10-5-9(13(15,16)17)6-11(7-10)18-8-12-3-1-2-4-19-12/h5-7,12,18H,1-4,8H2. The van der Waals surface area contributed by atoms with Crippen molar-refractivity contribution in [3.8, 4) is 0 Å². The molecular formula is C13H15ClF3NO. The summed E-state index contributed by atoms with van der Waals surface area (Å²) in [4.78, 5) is 0. The third-order valence-electron chi connectivity index (χ3n) is 3.03. The van der Waals surface area contributed by atoms with Gasteiger partial charge in [0.15, 0.2) is 0 Å². The zero-order valence-electron chi connectivity index (χ0n) is 10.3. The van der Waals surface area contributed by atoms with Crippen molar-refractivity contribution >= 4 is 17.3 Å². The Labute approximate surface area is 114 Å². The Morgan fingerprint density at radius 2 is 2.05 bits per heavy atom. The summed E-state index contributed by atoms with van der Waals surface area (Å²) in [5.74, 6) is 0. The summed E-state index contributed by atoms with van der Waals surface area (Å²) in [6.07, 6.45) is -1.26. The van der Waals surface area contributed by atoms with Crippen LogP contribution in [0.2, 0.25) is 5.02 Å². The Bertz CT molecular complexity index is 430. The second-order valence-corrected chi connectivity index (χ2v) is 5.03. The molecule has 0 saturated carbocycles. The molecule has 19 heavy (non-hydrogen) atoms. The van der Waals surface area contributed by atoms with Crippen LogP contribution in [0.25, 0.3) is 0 Å². The van der Waals surface area contributed by atoms with Crippen molar-refractivity contribution in [1.29, 1.82) is 0 Å². The number of hydrogen-bond donors (Lipinski definition) is 1. The Balaban J connectivity index is 2.01. The molecule has 0 aromatic heterocycles. The van der Waals surface area contributed by atoms with E-state index >= 15 is 0 Å². The van der Waals surface area contributed by atoms with E-state index in [0.717, 1.165) is 38.0 Å². The van der Waals surface area contributed by atoms with Gasteiger partial charge in [-0.1, -0.05) is 11.6 Å². The fraction of sp³-hybridized carbons (Fsp3) is 0.538. The van der Waals surface area contributed by atoms with Crippen molar-refractivity contribution in [2.45, 2.75) is 31.5 Å². The Kier molecular flexibility index (Phi) is 4.58. The number of nitrogens with one attached hydrogen (secondary N) is 1. The summed E-state index contributed by atoms with van der Waals surface area (Å²) >= 11 is 5.71. The molecule has 1 unspecified atom stereocenters. The minimum Gasteiger partial charge on any atom is -0.382 e. The SMILES string of the molecule is FC(F)(F)c1cc(Cl)cc(NCC2CCCCO2)c1. The molecule has 1 aliphatic heterocycles. The first-order chi connectivity index (χ1) is 8.95. The normalized spacial score (nSPS) is 20.3. The van der Waals surface area contributed by atoms with Crippen molar-refractivity contribution in [3.05, 3.63) is 28.8 Å². The zero-order chi connectivity index (χ0) is 13.9. The first kappa shape index (κ1) is 14.5. The molecule has 1 heterocycles. The van der Waals surface area contributed by atoms with Gasteiger partial charge in [0.25, 0.3) is 0 Å². The van der Waals surface area contributed by atoms with Gasteiger partial charge in [0.2, 0.25) is 0 Å². The second-order valence-electron chi connectivity index (χ2n) is 4.60. The monoisotopic (exact) mass is 293 g/mol. The van der Waals surface area contributed by atoms with Crippen LogP contribution in [0.3, 0.4) is 0 Å². The van der Waals surface area contributed by atoms with Crippen LogP contribution in [0.1, 0.15) is 24.8 Å². The van der Waals surface area contributed by atoms with Crippen LogP contribution in [0.5, 0.6) is 0 Å². The van der Waals surface area contributed by atoms with E-state index in [2.05, 4.69) is 5.32 Å². The Hall–Kier alpha value is -0.940. The lowest BCUT2D eigenvalue weighted by Crippen LogP contribution is -2.27. The lowest BCUT2D eigenvalue weighted by atomic mass is 10.1. The summed E-state index contributed by atoms with van der Waals surface area (Å²) < 4.78 is 43.4. The van der Waals surface area contributed by atoms with Crippen LogP contribution in [-0.2, 0) is 10.9 Å². The molecule has 2 rings (SSSR count). The van der Waals surface area contributed by atoms with E-state index < -0.39 is 11.7 Å². The van der Waals surface area contributed by atoms with Crippen LogP contribution >= 0.6 is 11.6 Å². The second kappa shape index (κ2) is 6.01. The molecular weight excluding hydrogens is 279 g/mol. The zero-order valence-corrected chi connectivity index (χ0v) is 11.0. The first-order valence-corrected chi connectivity index (χ1v) is 6.56. The number of halogens is 4. The fourth-order valence-corrected chi connectivity index (χ4v) is 2.29. The summed E-state index contributed by atoms with van der Waals surface area (Å²) in [7, 11) is 0. The lowest BCUT2D eigenvalue weighted by Gasteiger charge is -2.23. The molecule has 0 radical (unpaired) electrons. The molecule has 1 N–H and O–H groups in total. The Morgan fingerprint density at radius 1 is 1.26 bits per heavy atom. The van der Waals surface area contributed by atoms with Gasteiger partial charge in [-0.3, -0.25) is 0 Å². The number of anilines is 1. The topological polar surface area (TPSA) is 21.3 Å². The van der Waals surface area contributed by atoms with Gasteiger partial charge < -0.3 is 10.1 Å². The van der Waals surface area contributed by atoms with Crippen LogP contribution in [0.15, 0.2) is 18.2 Å². The summed E-state index contributed by atoms with van der Waals surface area (Å²) in [6.45, 7) is 1.22. The molecule has 1 aromatic carbocycles. The molecule has 1 aliphatic rings. The van der Waals surface area contributed by atoms with E-state index in [1.807, 2.05) is 0 Å². The van der Waals surface area contributed by atoms with Gasteiger partial charge >= 0.3 is 6.18 Å². The molecule has 106 valence electrons. The molecule has 1 aromatic rings. The molecule has 0 bridgehead atoms. The highest BCUT2D eigenvalue weighted by atomic mass is 35.5. The fourth-order valence-electron chi connectivity index (χ4n) is 2.06. The largest absolute Gasteiger partial charge is 0.416 e. The molecule has 2 nitrogen and oxygen atoms in total. The third kappa shape index (κ3) is 4.28. The van der Waals surface area contributed by atoms with E-state index in [1.54, 1.807) is 0 Å². The van der Waals surface area contributed by atoms with Crippen molar-refractivity contribution in [1.82, 2.24) is 0 Å². The molecule has 1 fully saturated rings. The van der Waals surface area contributed by atoms with Gasteiger partial charge in [0.1, 0.15) is 0 Å². The van der Waals surface area contributed by atoms with E-state index in [-0.39, 0.29) is 11.1 Å². The maximum atomic E-state index is 12.6. The van der Waals surface area contributed by atoms with Crippen LogP contribution in [0.4, 0.5) is 18.9 Å². The first-order valence-electron chi connectivity index (χ1n) is 6.18. The van der Waals surface area contributed by atoms with Crippen molar-refractivity contribution < 1.29 is 17.9 Å². The maximum absolute atomic E-state index is 12.6. The number of rotatable bonds is 3. The average Bonchev–Trinajstić information content (AvgIpc) is 2.36. The Morgan fingerprint density at radius 3 is 2.68 bits per heavy atom. The smallest absolute Gasteiger partial charge is 0.382 e. The van der Waals surface area contributed by atoms with E-state index in [4.69, 9.17) is 16.3 Å². The lowest BCUT2D eigenvalue weighted by molar-refractivity contribution is -0.137. The van der Waals surface area contributed by atoms with Gasteiger partial charge in [0, 0.05) is 23.9 Å². The molecule has 1 atom stereocenters. The molecule has 0 amide bonds. The summed E-state index contributed by atoms with van der Waals surface area (Å²) in [5, 5.41) is 3.03. The molecule has 6 heteroatoms. The maximum Gasteiger partial charge on any atom is 0.416 e. The number of ether oxygens (including phenoxy) is 1. The number of hydrogen-bond acceptors (Lipinski definition) is 2. The molecule has 1 saturated heterocycles. The quantitative estimate of drug-likeness (QED) is 0.895. The predicted octanol–water partition coefficient (Wildman–Crippen LogP) is 4.34. The van der Waals surface area contributed by atoms with Crippen molar-refractivity contribution in [3.63, 3.8) is 0 Å². The van der Waals surface area contributed by atoms with Crippen LogP contribution in [0, 0.1) is 0 Å². The van der Waals surface area contributed by atoms with Crippen LogP contribution < -0.4 is 5.32 Å². The van der Waals surface area contributed by atoms with Gasteiger partial charge in [-0.25, -0.2) is 0 Å². The van der Waals surface area contributed by atoms with Gasteiger partial charge in [-0.15, -0.1) is 0 Å². The van der Waals surface area contributed by atoms with E-state index in [1.165, 1.54) is 6.07 Å². The average molecular weight is 294 g/mol. The highest BCUT2D eigenvalue weighted by molar-refractivity contribution is 6.30. The molecule has 0 aliphatic carbocycles. The predicted molar refractivity (Wildman–Crippen MR) is 68.5 cm³/mol. The van der Waals surface area contributed by atoms with Gasteiger partial charge in [0.05, 0.1) is 11.7 Å². The highest BCUT2D eigenvalue weighted by Crippen LogP contribution is 2.33. The van der Waals surface area contributed by atoms with Crippen molar-refractivity contribution in [2.24, 2.45) is 0 Å². The van der Waals surface area contributed by atoms with Crippen LogP contribution in [-0.4, -0.2) is 19.3 Å². The van der Waals surface area contributed by atoms with Crippen molar-refractivity contribution in [2.75, 3.05) is 18.5 Å². The minimum atomic E-state index is -4.39. The van der Waals surface area contributed by atoms with Gasteiger partial charge in [-0.2, -0.15) is 13.2 Å². The van der Waals surface area contributed by atoms with E-state index in [9.17, 15) is 13.2 Å². The molecule has 0 spiro atoms. The number of benzene rings is 1. The van der Waals surface area contributed by atoms with Gasteiger partial charge in [-0.05, 0) is 37.5 Å². The highest BCUT2D eigenvalue weighted by Gasteiger charge is 2.31. The minimum absolute atomic E-state index is 0.0575. The number of alkyl halides is 3. The summed E-state index contributed by atoms with van der Waals surface area (Å²) in [5.41, 5.74) is -0.374.